The highest BCUT2D eigenvalue weighted by molar-refractivity contribution is 6.31. The van der Waals surface area contributed by atoms with E-state index in [0.717, 1.165) is 0 Å². The highest BCUT2D eigenvalue weighted by Gasteiger charge is 2.07. The van der Waals surface area contributed by atoms with Crippen molar-refractivity contribution in [2.75, 3.05) is 11.9 Å². The van der Waals surface area contributed by atoms with Crippen LogP contribution in [-0.2, 0) is 4.79 Å². The van der Waals surface area contributed by atoms with E-state index in [1.807, 2.05) is 6.07 Å². The van der Waals surface area contributed by atoms with Crippen molar-refractivity contribution in [2.45, 2.75) is 0 Å². The Hall–Kier alpha value is -3.12. The third-order valence-corrected chi connectivity index (χ3v) is 3.55. The third-order valence-electron chi connectivity index (χ3n) is 3.26. The topological polar surface area (TPSA) is 60.5 Å². The Morgan fingerprint density at radius 3 is 2.54 bits per heavy atom. The van der Waals surface area contributed by atoms with Crippen LogP contribution in [0.5, 0.6) is 17.4 Å². The normalized spacial score (nSPS) is 10.2. The molecule has 26 heavy (non-hydrogen) atoms. The SMILES string of the molecule is O=C(COc1ccc(Oc2ccccn2)cc1)Nc1ccc(F)c(Cl)c1. The molecule has 0 aliphatic heterocycles. The van der Waals surface area contributed by atoms with Gasteiger partial charge in [0.05, 0.1) is 5.02 Å². The Balaban J connectivity index is 1.51. The maximum absolute atomic E-state index is 13.1. The number of carbonyl (C=O) groups is 1. The maximum atomic E-state index is 13.1. The number of aromatic nitrogens is 1. The van der Waals surface area contributed by atoms with E-state index >= 15 is 0 Å². The van der Waals surface area contributed by atoms with Gasteiger partial charge in [-0.15, -0.1) is 0 Å². The first kappa shape index (κ1) is 17.7. The Labute approximate surface area is 154 Å². The fourth-order valence-corrected chi connectivity index (χ4v) is 2.23. The van der Waals surface area contributed by atoms with E-state index in [-0.39, 0.29) is 17.5 Å². The van der Waals surface area contributed by atoms with Crippen LogP contribution in [0.3, 0.4) is 0 Å². The minimum Gasteiger partial charge on any atom is -0.484 e. The van der Waals surface area contributed by atoms with Gasteiger partial charge in [-0.05, 0) is 48.5 Å². The van der Waals surface area contributed by atoms with Gasteiger partial charge in [-0.3, -0.25) is 4.79 Å². The zero-order valence-corrected chi connectivity index (χ0v) is 14.2. The summed E-state index contributed by atoms with van der Waals surface area (Å²) in [5.41, 5.74) is 0.393. The number of halogens is 2. The molecule has 1 N–H and O–H groups in total. The van der Waals surface area contributed by atoms with Crippen LogP contribution >= 0.6 is 11.6 Å². The predicted octanol–water partition coefficient (Wildman–Crippen LogP) is 4.68. The van der Waals surface area contributed by atoms with E-state index in [4.69, 9.17) is 21.1 Å². The number of hydrogen-bond donors (Lipinski definition) is 1. The lowest BCUT2D eigenvalue weighted by molar-refractivity contribution is -0.118. The lowest BCUT2D eigenvalue weighted by Gasteiger charge is -2.09. The molecule has 0 aliphatic carbocycles. The first-order valence-corrected chi connectivity index (χ1v) is 8.04. The van der Waals surface area contributed by atoms with E-state index in [1.54, 1.807) is 42.6 Å². The van der Waals surface area contributed by atoms with Crippen molar-refractivity contribution >= 4 is 23.2 Å². The minimum absolute atomic E-state index is 0.0628. The van der Waals surface area contributed by atoms with Crippen LogP contribution in [0.4, 0.5) is 10.1 Å². The summed E-state index contributed by atoms with van der Waals surface area (Å²) >= 11 is 5.67. The third kappa shape index (κ3) is 4.94. The standard InChI is InChI=1S/C19H14ClFN2O3/c20-16-11-13(4-9-17(16)21)23-18(24)12-25-14-5-7-15(8-6-14)26-19-3-1-2-10-22-19/h1-11H,12H2,(H,23,24). The van der Waals surface area contributed by atoms with Gasteiger partial charge in [0, 0.05) is 18.0 Å². The van der Waals surface area contributed by atoms with Crippen molar-refractivity contribution in [2.24, 2.45) is 0 Å². The van der Waals surface area contributed by atoms with Gasteiger partial charge in [0.25, 0.3) is 5.91 Å². The van der Waals surface area contributed by atoms with Gasteiger partial charge in [0.15, 0.2) is 6.61 Å². The molecule has 0 spiro atoms. The molecule has 1 heterocycles. The zero-order chi connectivity index (χ0) is 18.4. The molecule has 1 aromatic heterocycles. The van der Waals surface area contributed by atoms with Gasteiger partial charge in [0.2, 0.25) is 5.88 Å². The molecular weight excluding hydrogens is 359 g/mol. The summed E-state index contributed by atoms with van der Waals surface area (Å²) in [7, 11) is 0. The van der Waals surface area contributed by atoms with Gasteiger partial charge < -0.3 is 14.8 Å². The molecule has 0 bridgehead atoms. The summed E-state index contributed by atoms with van der Waals surface area (Å²) in [4.78, 5) is 16.0. The summed E-state index contributed by atoms with van der Waals surface area (Å²) in [5.74, 6) is 0.654. The zero-order valence-electron chi connectivity index (χ0n) is 13.5. The molecular formula is C19H14ClFN2O3. The molecule has 1 amide bonds. The number of anilines is 1. The van der Waals surface area contributed by atoms with Gasteiger partial charge >= 0.3 is 0 Å². The maximum Gasteiger partial charge on any atom is 0.262 e. The van der Waals surface area contributed by atoms with Gasteiger partial charge in [-0.1, -0.05) is 17.7 Å². The molecule has 0 unspecified atom stereocenters. The number of hydrogen-bond acceptors (Lipinski definition) is 4. The average Bonchev–Trinajstić information content (AvgIpc) is 2.65. The van der Waals surface area contributed by atoms with Gasteiger partial charge in [-0.25, -0.2) is 9.37 Å². The van der Waals surface area contributed by atoms with E-state index in [1.165, 1.54) is 18.2 Å². The first-order valence-electron chi connectivity index (χ1n) is 7.67. The summed E-state index contributed by atoms with van der Waals surface area (Å²) < 4.78 is 24.1. The fourth-order valence-electron chi connectivity index (χ4n) is 2.05. The molecule has 0 aliphatic rings. The number of benzene rings is 2. The fraction of sp³-hybridized carbons (Fsp3) is 0.0526. The number of nitrogens with zero attached hydrogens (tertiary/aromatic N) is 1. The van der Waals surface area contributed by atoms with Crippen LogP contribution < -0.4 is 14.8 Å². The quantitative estimate of drug-likeness (QED) is 0.682. The number of carbonyl (C=O) groups excluding carboxylic acids is 1. The van der Waals surface area contributed by atoms with Crippen molar-refractivity contribution in [3.05, 3.63) is 77.7 Å². The van der Waals surface area contributed by atoms with E-state index < -0.39 is 5.82 Å². The number of rotatable bonds is 6. The predicted molar refractivity (Wildman–Crippen MR) is 96.3 cm³/mol. The number of pyridine rings is 1. The van der Waals surface area contributed by atoms with E-state index in [9.17, 15) is 9.18 Å². The second kappa shape index (κ2) is 8.31. The van der Waals surface area contributed by atoms with Crippen LogP contribution in [-0.4, -0.2) is 17.5 Å². The van der Waals surface area contributed by atoms with Crippen molar-refractivity contribution in [1.29, 1.82) is 0 Å². The largest absolute Gasteiger partial charge is 0.484 e. The van der Waals surface area contributed by atoms with E-state index in [0.29, 0.717) is 23.1 Å². The molecule has 0 atom stereocenters. The summed E-state index contributed by atoms with van der Waals surface area (Å²) in [6.07, 6.45) is 1.64. The summed E-state index contributed by atoms with van der Waals surface area (Å²) in [5, 5.41) is 2.51. The number of ether oxygens (including phenoxy) is 2. The molecule has 0 radical (unpaired) electrons. The van der Waals surface area contributed by atoms with Crippen LogP contribution in [0, 0.1) is 5.82 Å². The molecule has 7 heteroatoms. The average molecular weight is 373 g/mol. The molecule has 132 valence electrons. The Kier molecular flexibility index (Phi) is 5.66. The van der Waals surface area contributed by atoms with Crippen molar-refractivity contribution in [3.63, 3.8) is 0 Å². The molecule has 0 saturated heterocycles. The van der Waals surface area contributed by atoms with Crippen molar-refractivity contribution in [1.82, 2.24) is 4.98 Å². The van der Waals surface area contributed by atoms with Gasteiger partial charge in [-0.2, -0.15) is 0 Å². The second-order valence-electron chi connectivity index (χ2n) is 5.21. The molecule has 5 nitrogen and oxygen atoms in total. The number of nitrogens with one attached hydrogen (secondary N) is 1. The molecule has 0 saturated carbocycles. The van der Waals surface area contributed by atoms with Crippen LogP contribution in [0.2, 0.25) is 5.02 Å². The summed E-state index contributed by atoms with van der Waals surface area (Å²) in [6, 6.07) is 16.1. The summed E-state index contributed by atoms with van der Waals surface area (Å²) in [6.45, 7) is -0.199. The van der Waals surface area contributed by atoms with Crippen LogP contribution in [0.15, 0.2) is 66.9 Å². The van der Waals surface area contributed by atoms with Crippen molar-refractivity contribution < 1.29 is 18.7 Å². The first-order chi connectivity index (χ1) is 12.6. The Morgan fingerprint density at radius 2 is 1.85 bits per heavy atom. The molecule has 3 aromatic rings. The molecule has 2 aromatic carbocycles. The molecule has 0 fully saturated rings. The van der Waals surface area contributed by atoms with Crippen LogP contribution in [0.1, 0.15) is 0 Å². The molecule has 3 rings (SSSR count). The number of amides is 1. The minimum atomic E-state index is -0.547. The second-order valence-corrected chi connectivity index (χ2v) is 5.61. The van der Waals surface area contributed by atoms with Gasteiger partial charge in [0.1, 0.15) is 17.3 Å². The van der Waals surface area contributed by atoms with E-state index in [2.05, 4.69) is 10.3 Å². The Morgan fingerprint density at radius 1 is 1.08 bits per heavy atom. The van der Waals surface area contributed by atoms with Crippen LogP contribution in [0.25, 0.3) is 0 Å². The smallest absolute Gasteiger partial charge is 0.262 e. The Bertz CT molecular complexity index is 889. The lowest BCUT2D eigenvalue weighted by Crippen LogP contribution is -2.20. The highest BCUT2D eigenvalue weighted by Crippen LogP contribution is 2.22. The monoisotopic (exact) mass is 372 g/mol. The lowest BCUT2D eigenvalue weighted by atomic mass is 10.3. The highest BCUT2D eigenvalue weighted by atomic mass is 35.5. The van der Waals surface area contributed by atoms with Crippen molar-refractivity contribution in [3.8, 4) is 17.4 Å².